The molecule has 1 heterocycles. The molecular formula is C24H21ClN4O2S. The summed E-state index contributed by atoms with van der Waals surface area (Å²) in [5.41, 5.74) is 2.50. The van der Waals surface area contributed by atoms with Crippen LogP contribution in [0.15, 0.2) is 84.0 Å². The Bertz CT molecular complexity index is 1180. The molecule has 0 unspecified atom stereocenters. The predicted octanol–water partition coefficient (Wildman–Crippen LogP) is 5.52. The van der Waals surface area contributed by atoms with Crippen LogP contribution in [0.25, 0.3) is 5.69 Å². The summed E-state index contributed by atoms with van der Waals surface area (Å²) in [5, 5.41) is 13.4. The van der Waals surface area contributed by atoms with Crippen molar-refractivity contribution < 1.29 is 9.53 Å². The molecule has 162 valence electrons. The lowest BCUT2D eigenvalue weighted by atomic mass is 10.1. The van der Waals surface area contributed by atoms with Crippen molar-refractivity contribution in [1.29, 1.82) is 0 Å². The van der Waals surface area contributed by atoms with Crippen molar-refractivity contribution >= 4 is 34.8 Å². The molecule has 0 saturated carbocycles. The number of carbonyl (C=O) groups excluding carboxylic acids is 1. The molecule has 4 aromatic rings. The van der Waals surface area contributed by atoms with E-state index in [4.69, 9.17) is 16.3 Å². The van der Waals surface area contributed by atoms with Gasteiger partial charge in [-0.2, -0.15) is 0 Å². The SMILES string of the molecule is COc1ccc(C(=O)CSc2nnc(CNc3ccc(Cl)cc3)n2-c2ccccc2)cc1. The third-order valence-corrected chi connectivity index (χ3v) is 5.93. The second-order valence-electron chi connectivity index (χ2n) is 6.87. The molecule has 0 spiro atoms. The molecule has 0 aliphatic heterocycles. The van der Waals surface area contributed by atoms with E-state index >= 15 is 0 Å². The number of carbonyl (C=O) groups is 1. The van der Waals surface area contributed by atoms with Crippen molar-refractivity contribution in [3.63, 3.8) is 0 Å². The van der Waals surface area contributed by atoms with Gasteiger partial charge in [0.05, 0.1) is 19.4 Å². The molecule has 0 aliphatic rings. The van der Waals surface area contributed by atoms with E-state index in [1.165, 1.54) is 11.8 Å². The fraction of sp³-hybridized carbons (Fsp3) is 0.125. The standard InChI is InChI=1S/C24H21ClN4O2S/c1-31-21-13-7-17(8-14-21)22(30)16-32-24-28-27-23(29(24)20-5-3-2-4-6-20)15-26-19-11-9-18(25)10-12-19/h2-14,26H,15-16H2,1H3. The summed E-state index contributed by atoms with van der Waals surface area (Å²) in [6.45, 7) is 0.469. The first kappa shape index (κ1) is 21.9. The number of ether oxygens (including phenoxy) is 1. The van der Waals surface area contributed by atoms with Gasteiger partial charge in [0.25, 0.3) is 0 Å². The molecule has 6 nitrogen and oxygen atoms in total. The first-order valence-corrected chi connectivity index (χ1v) is 11.3. The smallest absolute Gasteiger partial charge is 0.196 e. The van der Waals surface area contributed by atoms with Gasteiger partial charge in [-0.3, -0.25) is 9.36 Å². The van der Waals surface area contributed by atoms with Crippen LogP contribution in [0.1, 0.15) is 16.2 Å². The fourth-order valence-electron chi connectivity index (χ4n) is 3.08. The second-order valence-corrected chi connectivity index (χ2v) is 8.25. The van der Waals surface area contributed by atoms with Crippen molar-refractivity contribution in [2.75, 3.05) is 18.2 Å². The van der Waals surface area contributed by atoms with Gasteiger partial charge in [-0.05, 0) is 60.7 Å². The second kappa shape index (κ2) is 10.3. The van der Waals surface area contributed by atoms with Gasteiger partial charge >= 0.3 is 0 Å². The van der Waals surface area contributed by atoms with Gasteiger partial charge in [0.2, 0.25) is 0 Å². The molecule has 0 amide bonds. The highest BCUT2D eigenvalue weighted by Gasteiger charge is 2.16. The Morgan fingerprint density at radius 3 is 2.41 bits per heavy atom. The topological polar surface area (TPSA) is 69.0 Å². The molecule has 0 aliphatic carbocycles. The molecule has 8 heteroatoms. The number of halogens is 1. The summed E-state index contributed by atoms with van der Waals surface area (Å²) in [5.74, 6) is 1.73. The van der Waals surface area contributed by atoms with E-state index in [0.29, 0.717) is 22.3 Å². The number of rotatable bonds is 9. The van der Waals surface area contributed by atoms with E-state index in [1.807, 2.05) is 59.2 Å². The molecule has 1 aromatic heterocycles. The highest BCUT2D eigenvalue weighted by molar-refractivity contribution is 7.99. The van der Waals surface area contributed by atoms with Crippen LogP contribution in [0.3, 0.4) is 0 Å². The van der Waals surface area contributed by atoms with Crippen molar-refractivity contribution in [3.8, 4) is 11.4 Å². The summed E-state index contributed by atoms with van der Waals surface area (Å²) >= 11 is 7.33. The first-order valence-electron chi connectivity index (χ1n) is 9.93. The minimum absolute atomic E-state index is 0.0149. The number of aromatic nitrogens is 3. The van der Waals surface area contributed by atoms with Crippen molar-refractivity contribution in [1.82, 2.24) is 14.8 Å². The van der Waals surface area contributed by atoms with Gasteiger partial charge < -0.3 is 10.1 Å². The summed E-state index contributed by atoms with van der Waals surface area (Å²) in [4.78, 5) is 12.7. The average Bonchev–Trinajstić information content (AvgIpc) is 3.25. The molecule has 0 bridgehead atoms. The summed E-state index contributed by atoms with van der Waals surface area (Å²) in [7, 11) is 1.60. The Hall–Kier alpha value is -3.29. The van der Waals surface area contributed by atoms with Crippen LogP contribution in [0.5, 0.6) is 5.75 Å². The highest BCUT2D eigenvalue weighted by atomic mass is 35.5. The lowest BCUT2D eigenvalue weighted by Crippen LogP contribution is -2.09. The Labute approximate surface area is 195 Å². The zero-order valence-corrected chi connectivity index (χ0v) is 18.9. The predicted molar refractivity (Wildman–Crippen MR) is 128 cm³/mol. The van der Waals surface area contributed by atoms with Crippen LogP contribution in [-0.2, 0) is 6.54 Å². The van der Waals surface area contributed by atoms with Crippen molar-refractivity contribution in [2.24, 2.45) is 0 Å². The molecule has 0 radical (unpaired) electrons. The number of benzene rings is 3. The molecule has 4 rings (SSSR count). The van der Waals surface area contributed by atoms with E-state index in [9.17, 15) is 4.79 Å². The Morgan fingerprint density at radius 1 is 1.00 bits per heavy atom. The molecular weight excluding hydrogens is 444 g/mol. The van der Waals surface area contributed by atoms with Crippen molar-refractivity contribution in [2.45, 2.75) is 11.7 Å². The van der Waals surface area contributed by atoms with Crippen LogP contribution < -0.4 is 10.1 Å². The van der Waals surface area contributed by atoms with Gasteiger partial charge in [-0.1, -0.05) is 41.6 Å². The summed E-state index contributed by atoms with van der Waals surface area (Å²) < 4.78 is 7.12. The van der Waals surface area contributed by atoms with Gasteiger partial charge in [-0.25, -0.2) is 0 Å². The van der Waals surface area contributed by atoms with Crippen molar-refractivity contribution in [3.05, 3.63) is 95.3 Å². The molecule has 0 saturated heterocycles. The molecule has 1 N–H and O–H groups in total. The number of hydrogen-bond acceptors (Lipinski definition) is 6. The largest absolute Gasteiger partial charge is 0.497 e. The number of hydrogen-bond donors (Lipinski definition) is 1. The number of thioether (sulfide) groups is 1. The van der Waals surface area contributed by atoms with E-state index in [0.717, 1.165) is 22.9 Å². The highest BCUT2D eigenvalue weighted by Crippen LogP contribution is 2.24. The van der Waals surface area contributed by atoms with Gasteiger partial charge in [0.15, 0.2) is 16.8 Å². The minimum atomic E-state index is 0.0149. The minimum Gasteiger partial charge on any atom is -0.497 e. The number of nitrogens with zero attached hydrogens (tertiary/aromatic N) is 3. The monoisotopic (exact) mass is 464 g/mol. The maximum atomic E-state index is 12.7. The van der Waals surface area contributed by atoms with E-state index < -0.39 is 0 Å². The Morgan fingerprint density at radius 2 is 1.72 bits per heavy atom. The maximum absolute atomic E-state index is 12.7. The molecule has 0 atom stereocenters. The lowest BCUT2D eigenvalue weighted by molar-refractivity contribution is 0.102. The quantitative estimate of drug-likeness (QED) is 0.260. The van der Waals surface area contributed by atoms with Gasteiger partial charge in [0, 0.05) is 22.0 Å². The van der Waals surface area contributed by atoms with Crippen LogP contribution in [0.2, 0.25) is 5.02 Å². The summed E-state index contributed by atoms with van der Waals surface area (Å²) in [6, 6.07) is 24.4. The number of anilines is 1. The van der Waals surface area contributed by atoms with Gasteiger partial charge in [0.1, 0.15) is 5.75 Å². The number of ketones is 1. The number of nitrogens with one attached hydrogen (secondary N) is 1. The van der Waals surface area contributed by atoms with E-state index in [1.54, 1.807) is 31.4 Å². The number of para-hydroxylation sites is 1. The number of methoxy groups -OCH3 is 1. The molecule has 0 fully saturated rings. The third kappa shape index (κ3) is 5.30. The normalized spacial score (nSPS) is 10.7. The summed E-state index contributed by atoms with van der Waals surface area (Å²) in [6.07, 6.45) is 0. The average molecular weight is 465 g/mol. The van der Waals surface area contributed by atoms with Gasteiger partial charge in [-0.15, -0.1) is 10.2 Å². The zero-order valence-electron chi connectivity index (χ0n) is 17.4. The zero-order chi connectivity index (χ0) is 22.3. The van der Waals surface area contributed by atoms with E-state index in [-0.39, 0.29) is 11.5 Å². The van der Waals surface area contributed by atoms with Crippen LogP contribution >= 0.6 is 23.4 Å². The van der Waals surface area contributed by atoms with Crippen LogP contribution in [0, 0.1) is 0 Å². The van der Waals surface area contributed by atoms with Crippen LogP contribution in [0.4, 0.5) is 5.69 Å². The fourth-order valence-corrected chi connectivity index (χ4v) is 4.08. The van der Waals surface area contributed by atoms with Crippen LogP contribution in [-0.4, -0.2) is 33.4 Å². The van der Waals surface area contributed by atoms with E-state index in [2.05, 4.69) is 15.5 Å². The first-order chi connectivity index (χ1) is 15.6. The Kier molecular flexibility index (Phi) is 7.09. The number of Topliss-reactive ketones (excluding diaryl/α,β-unsaturated/α-hetero) is 1. The Balaban J connectivity index is 1.52. The molecule has 3 aromatic carbocycles. The maximum Gasteiger partial charge on any atom is 0.196 e. The third-order valence-electron chi connectivity index (χ3n) is 4.75. The molecule has 32 heavy (non-hydrogen) atoms. The lowest BCUT2D eigenvalue weighted by Gasteiger charge is -2.11.